The quantitative estimate of drug-likeness (QED) is 0.528. The van der Waals surface area contributed by atoms with Gasteiger partial charge < -0.3 is 4.74 Å². The summed E-state index contributed by atoms with van der Waals surface area (Å²) in [7, 11) is 0. The number of rotatable bonds is 6. The molecule has 0 radical (unpaired) electrons. The van der Waals surface area contributed by atoms with E-state index < -0.39 is 0 Å². The molecule has 0 aliphatic heterocycles. The molecule has 0 amide bonds. The summed E-state index contributed by atoms with van der Waals surface area (Å²) in [5, 5.41) is 0. The first kappa shape index (κ1) is 15.3. The number of aliphatic imine (C=N–C) groups is 1. The van der Waals surface area contributed by atoms with E-state index >= 15 is 0 Å². The van der Waals surface area contributed by atoms with Crippen molar-refractivity contribution in [3.05, 3.63) is 89.6 Å². The Labute approximate surface area is 133 Å². The van der Waals surface area contributed by atoms with Crippen LogP contribution in [0.1, 0.15) is 11.1 Å². The second-order valence-electron chi connectivity index (χ2n) is 4.35. The minimum Gasteiger partial charge on any atom is -0.488 e. The normalized spacial score (nSPS) is 11.0. The molecule has 0 aliphatic rings. The fraction of sp³-hybridized carbons (Fsp3) is 0.0556. The monoisotopic (exact) mass is 341 g/mol. The molecule has 0 heterocycles. The van der Waals surface area contributed by atoms with Gasteiger partial charge in [0.05, 0.1) is 10.3 Å². The van der Waals surface area contributed by atoms with E-state index in [2.05, 4.69) is 34.1 Å². The molecule has 3 heteroatoms. The van der Waals surface area contributed by atoms with Crippen LogP contribution in [0.15, 0.2) is 83.4 Å². The summed E-state index contributed by atoms with van der Waals surface area (Å²) < 4.78 is 6.47. The van der Waals surface area contributed by atoms with Crippen molar-refractivity contribution >= 4 is 21.6 Å². The van der Waals surface area contributed by atoms with Crippen LogP contribution in [0.2, 0.25) is 0 Å². The number of nitrogens with zero attached hydrogens (tertiary/aromatic N) is 1. The maximum absolute atomic E-state index is 5.91. The molecule has 0 N–H and O–H groups in total. The van der Waals surface area contributed by atoms with E-state index in [0.717, 1.165) is 22.6 Å². The van der Waals surface area contributed by atoms with Crippen LogP contribution in [-0.2, 0) is 6.61 Å². The Kier molecular flexibility index (Phi) is 5.52. The molecule has 0 spiro atoms. The summed E-state index contributed by atoms with van der Waals surface area (Å²) in [5.41, 5.74) is 2.74. The Morgan fingerprint density at radius 1 is 1.10 bits per heavy atom. The zero-order valence-corrected chi connectivity index (χ0v) is 13.2. The Hall–Kier alpha value is -2.13. The zero-order chi connectivity index (χ0) is 15.1. The first-order valence-electron chi connectivity index (χ1n) is 6.52. The molecule has 0 fully saturated rings. The fourth-order valence-electron chi connectivity index (χ4n) is 1.89. The Balaban J connectivity index is 2.24. The third-order valence-electron chi connectivity index (χ3n) is 2.84. The summed E-state index contributed by atoms with van der Waals surface area (Å²) >= 11 is 3.24. The molecule has 0 unspecified atom stereocenters. The average Bonchev–Trinajstić information content (AvgIpc) is 2.52. The third kappa shape index (κ3) is 4.43. The van der Waals surface area contributed by atoms with Crippen molar-refractivity contribution in [1.82, 2.24) is 0 Å². The van der Waals surface area contributed by atoms with E-state index in [-0.39, 0.29) is 0 Å². The molecule has 0 aliphatic carbocycles. The molecule has 106 valence electrons. The van der Waals surface area contributed by atoms with Gasteiger partial charge in [0.1, 0.15) is 12.4 Å². The topological polar surface area (TPSA) is 21.6 Å². The van der Waals surface area contributed by atoms with Crippen LogP contribution in [0, 0.1) is 0 Å². The van der Waals surface area contributed by atoms with Gasteiger partial charge in [0, 0.05) is 5.56 Å². The molecule has 0 aromatic heterocycles. The van der Waals surface area contributed by atoms with Crippen LogP contribution in [-0.4, -0.2) is 5.71 Å². The predicted octanol–water partition coefficient (Wildman–Crippen LogP) is 5.11. The lowest BCUT2D eigenvalue weighted by molar-refractivity contribution is 0.305. The van der Waals surface area contributed by atoms with Gasteiger partial charge in [0.25, 0.3) is 0 Å². The predicted molar refractivity (Wildman–Crippen MR) is 92.0 cm³/mol. The molecule has 2 aromatic rings. The Morgan fingerprint density at radius 3 is 2.43 bits per heavy atom. The number of benzene rings is 2. The molecular formula is C18H16BrNO. The second-order valence-corrected chi connectivity index (χ2v) is 5.26. The molecule has 21 heavy (non-hydrogen) atoms. The summed E-state index contributed by atoms with van der Waals surface area (Å²) in [6.45, 7) is 8.05. The SMILES string of the molecule is C=C/C(=N\C(=C)Br)c1ccccc1OCc1ccccc1. The van der Waals surface area contributed by atoms with Gasteiger partial charge in [-0.2, -0.15) is 0 Å². The highest BCUT2D eigenvalue weighted by Gasteiger charge is 2.08. The van der Waals surface area contributed by atoms with Crippen molar-refractivity contribution in [2.75, 3.05) is 0 Å². The van der Waals surface area contributed by atoms with Gasteiger partial charge in [0.2, 0.25) is 0 Å². The van der Waals surface area contributed by atoms with Crippen LogP contribution >= 0.6 is 15.9 Å². The number of hydrogen-bond donors (Lipinski definition) is 0. The van der Waals surface area contributed by atoms with Crippen LogP contribution in [0.25, 0.3) is 0 Å². The first-order valence-corrected chi connectivity index (χ1v) is 7.31. The van der Waals surface area contributed by atoms with E-state index in [4.69, 9.17) is 4.74 Å². The van der Waals surface area contributed by atoms with Crippen molar-refractivity contribution in [2.24, 2.45) is 4.99 Å². The minimum atomic E-state index is 0.511. The summed E-state index contributed by atoms with van der Waals surface area (Å²) in [5.74, 6) is 0.772. The summed E-state index contributed by atoms with van der Waals surface area (Å²) in [6, 6.07) is 17.8. The fourth-order valence-corrected chi connectivity index (χ4v) is 2.08. The van der Waals surface area contributed by atoms with Gasteiger partial charge in [-0.1, -0.05) is 55.6 Å². The van der Waals surface area contributed by atoms with E-state index in [1.54, 1.807) is 6.08 Å². The lowest BCUT2D eigenvalue weighted by Crippen LogP contribution is -2.03. The van der Waals surface area contributed by atoms with Gasteiger partial charge in [-0.25, -0.2) is 4.99 Å². The van der Waals surface area contributed by atoms with Gasteiger partial charge >= 0.3 is 0 Å². The highest BCUT2D eigenvalue weighted by Crippen LogP contribution is 2.22. The van der Waals surface area contributed by atoms with Crippen molar-refractivity contribution in [1.29, 1.82) is 0 Å². The average molecular weight is 342 g/mol. The second kappa shape index (κ2) is 7.60. The minimum absolute atomic E-state index is 0.511. The van der Waals surface area contributed by atoms with Crippen LogP contribution in [0.5, 0.6) is 5.75 Å². The molecule has 0 atom stereocenters. The van der Waals surface area contributed by atoms with Gasteiger partial charge in [-0.05, 0) is 39.7 Å². The molecule has 0 bridgehead atoms. The first-order chi connectivity index (χ1) is 10.2. The van der Waals surface area contributed by atoms with Crippen molar-refractivity contribution in [3.63, 3.8) is 0 Å². The molecule has 2 aromatic carbocycles. The van der Waals surface area contributed by atoms with Crippen LogP contribution in [0.4, 0.5) is 0 Å². The number of hydrogen-bond acceptors (Lipinski definition) is 2. The Bertz CT molecular complexity index is 662. The largest absolute Gasteiger partial charge is 0.488 e. The van der Waals surface area contributed by atoms with E-state index in [9.17, 15) is 0 Å². The van der Waals surface area contributed by atoms with Crippen molar-refractivity contribution in [2.45, 2.75) is 6.61 Å². The summed E-state index contributed by atoms with van der Waals surface area (Å²) in [4.78, 5) is 4.32. The molecule has 0 saturated carbocycles. The van der Waals surface area contributed by atoms with Gasteiger partial charge in [-0.15, -0.1) is 0 Å². The van der Waals surface area contributed by atoms with E-state index in [1.807, 2.05) is 54.6 Å². The molecule has 2 nitrogen and oxygen atoms in total. The zero-order valence-electron chi connectivity index (χ0n) is 11.6. The third-order valence-corrected chi connectivity index (χ3v) is 3.01. The number of allylic oxidation sites excluding steroid dienone is 1. The highest BCUT2D eigenvalue weighted by atomic mass is 79.9. The van der Waals surface area contributed by atoms with Crippen LogP contribution in [0.3, 0.4) is 0 Å². The molecule has 2 rings (SSSR count). The van der Waals surface area contributed by atoms with Gasteiger partial charge in [-0.3, -0.25) is 0 Å². The number of para-hydroxylation sites is 1. The van der Waals surface area contributed by atoms with Gasteiger partial charge in [0.15, 0.2) is 0 Å². The van der Waals surface area contributed by atoms with Crippen molar-refractivity contribution < 1.29 is 4.74 Å². The highest BCUT2D eigenvalue weighted by molar-refractivity contribution is 9.11. The standard InChI is InChI=1S/C18H16BrNO/c1-3-17(20-14(2)19)16-11-7-8-12-18(16)21-13-15-9-5-4-6-10-15/h3-12H,1-2,13H2/b20-17+. The van der Waals surface area contributed by atoms with E-state index in [1.165, 1.54) is 0 Å². The maximum Gasteiger partial charge on any atom is 0.129 e. The smallest absolute Gasteiger partial charge is 0.129 e. The van der Waals surface area contributed by atoms with E-state index in [0.29, 0.717) is 11.2 Å². The maximum atomic E-state index is 5.91. The van der Waals surface area contributed by atoms with Crippen molar-refractivity contribution in [3.8, 4) is 5.75 Å². The summed E-state index contributed by atoms with van der Waals surface area (Å²) in [6.07, 6.45) is 1.69. The Morgan fingerprint density at radius 2 is 1.76 bits per heavy atom. The number of halogens is 1. The lowest BCUT2D eigenvalue weighted by atomic mass is 10.1. The van der Waals surface area contributed by atoms with Crippen LogP contribution < -0.4 is 4.74 Å². The molecule has 0 saturated heterocycles. The molecular weight excluding hydrogens is 326 g/mol. The lowest BCUT2D eigenvalue weighted by Gasteiger charge is -2.11. The number of ether oxygens (including phenoxy) is 1.